The highest BCUT2D eigenvalue weighted by Gasteiger charge is 2.49. The van der Waals surface area contributed by atoms with E-state index in [1.807, 2.05) is 6.07 Å². The van der Waals surface area contributed by atoms with Crippen molar-refractivity contribution >= 4 is 48.8 Å². The molecule has 13 heteroatoms. The SMILES string of the molecule is CC(C)(C)CCC1(NCc2cccnc2)C(=O)C(C2=NS(=O)(=O)c3cc(NS(C)(=O)=O)ccc3N2)=C(O)c2ccccc21. The number of hydrogen-bond donors (Lipinski definition) is 4. The molecule has 0 radical (unpaired) electrons. The van der Waals surface area contributed by atoms with Crippen molar-refractivity contribution < 1.29 is 26.7 Å². The molecule has 0 bridgehead atoms. The second-order valence-electron chi connectivity index (χ2n) is 11.9. The highest BCUT2D eigenvalue weighted by molar-refractivity contribution is 7.92. The van der Waals surface area contributed by atoms with E-state index in [4.69, 9.17) is 0 Å². The summed E-state index contributed by atoms with van der Waals surface area (Å²) in [5, 5.41) is 17.9. The maximum absolute atomic E-state index is 14.7. The number of benzene rings is 2. The largest absolute Gasteiger partial charge is 0.506 e. The Balaban J connectivity index is 1.64. The van der Waals surface area contributed by atoms with Gasteiger partial charge in [0, 0.05) is 30.2 Å². The first-order valence-electron chi connectivity index (χ1n) is 13.6. The molecule has 1 aliphatic heterocycles. The number of aliphatic hydroxyl groups is 1. The van der Waals surface area contributed by atoms with Crippen LogP contribution < -0.4 is 15.4 Å². The molecular formula is C30H33N5O6S2. The number of fused-ring (bicyclic) bond motifs is 2. The molecular weight excluding hydrogens is 590 g/mol. The number of aromatic nitrogens is 1. The van der Waals surface area contributed by atoms with Crippen molar-refractivity contribution in [1.82, 2.24) is 10.3 Å². The van der Waals surface area contributed by atoms with Gasteiger partial charge < -0.3 is 10.4 Å². The van der Waals surface area contributed by atoms with Gasteiger partial charge in [-0.2, -0.15) is 8.42 Å². The number of amidine groups is 1. The lowest BCUT2D eigenvalue weighted by Gasteiger charge is -2.41. The van der Waals surface area contributed by atoms with E-state index in [2.05, 4.69) is 45.5 Å². The average Bonchev–Trinajstić information content (AvgIpc) is 2.92. The van der Waals surface area contributed by atoms with Gasteiger partial charge in [0.2, 0.25) is 10.0 Å². The van der Waals surface area contributed by atoms with E-state index in [1.54, 1.807) is 42.7 Å². The molecule has 0 amide bonds. The zero-order valence-electron chi connectivity index (χ0n) is 24.2. The minimum absolute atomic E-state index is 0.0378. The third-order valence-electron chi connectivity index (χ3n) is 7.32. The fourth-order valence-electron chi connectivity index (χ4n) is 5.23. The molecule has 2 aliphatic rings. The van der Waals surface area contributed by atoms with Crippen LogP contribution >= 0.6 is 0 Å². The number of aliphatic hydroxyl groups excluding tert-OH is 1. The first-order valence-corrected chi connectivity index (χ1v) is 16.9. The van der Waals surface area contributed by atoms with E-state index in [0.29, 0.717) is 24.0 Å². The van der Waals surface area contributed by atoms with Crippen LogP contribution in [0.15, 0.2) is 81.9 Å². The van der Waals surface area contributed by atoms with E-state index >= 15 is 0 Å². The molecule has 1 aliphatic carbocycles. The predicted molar refractivity (Wildman–Crippen MR) is 166 cm³/mol. The second kappa shape index (κ2) is 10.9. The Kier molecular flexibility index (Phi) is 7.69. The van der Waals surface area contributed by atoms with Gasteiger partial charge in [-0.25, -0.2) is 8.42 Å². The highest BCUT2D eigenvalue weighted by Crippen LogP contribution is 2.44. The van der Waals surface area contributed by atoms with Crippen molar-refractivity contribution in [3.63, 3.8) is 0 Å². The van der Waals surface area contributed by atoms with Crippen LogP contribution in [-0.4, -0.2) is 44.8 Å². The monoisotopic (exact) mass is 623 g/mol. The summed E-state index contributed by atoms with van der Waals surface area (Å²) in [6.45, 7) is 6.48. The fourth-order valence-corrected chi connectivity index (χ4v) is 6.94. The minimum atomic E-state index is -4.41. The Labute approximate surface area is 251 Å². The fraction of sp³-hybridized carbons (Fsp3) is 0.300. The topological polar surface area (TPSA) is 167 Å². The van der Waals surface area contributed by atoms with Crippen molar-refractivity contribution in [2.24, 2.45) is 9.81 Å². The predicted octanol–water partition coefficient (Wildman–Crippen LogP) is 4.33. The third kappa shape index (κ3) is 6.19. The summed E-state index contributed by atoms with van der Waals surface area (Å²) in [5.74, 6) is -1.25. The summed E-state index contributed by atoms with van der Waals surface area (Å²) < 4.78 is 56.3. The maximum Gasteiger partial charge on any atom is 0.286 e. The van der Waals surface area contributed by atoms with E-state index < -0.39 is 37.1 Å². The molecule has 43 heavy (non-hydrogen) atoms. The van der Waals surface area contributed by atoms with Gasteiger partial charge >= 0.3 is 0 Å². The number of carbonyl (C=O) groups excluding carboxylic acids is 1. The zero-order chi connectivity index (χ0) is 31.2. The van der Waals surface area contributed by atoms with Crippen molar-refractivity contribution in [3.8, 4) is 0 Å². The Bertz CT molecular complexity index is 1880. The van der Waals surface area contributed by atoms with Gasteiger partial charge in [-0.3, -0.25) is 19.8 Å². The molecule has 226 valence electrons. The number of rotatable bonds is 8. The Morgan fingerprint density at radius 1 is 1.07 bits per heavy atom. The summed E-state index contributed by atoms with van der Waals surface area (Å²) in [5.41, 5.74) is 0.164. The molecule has 0 saturated heterocycles. The second-order valence-corrected chi connectivity index (χ2v) is 15.2. The molecule has 2 heterocycles. The lowest BCUT2D eigenvalue weighted by molar-refractivity contribution is -0.122. The molecule has 0 saturated carbocycles. The first-order chi connectivity index (χ1) is 20.1. The summed E-state index contributed by atoms with van der Waals surface area (Å²) in [6, 6.07) is 14.6. The van der Waals surface area contributed by atoms with Gasteiger partial charge in [0.1, 0.15) is 21.8 Å². The number of carbonyl (C=O) groups is 1. The standard InChI is InChI=1S/C30H33N5O6S2/c1-29(2,3)13-14-30(32-18-19-8-7-15-31-17-19)22-10-6-5-9-21(22)26(36)25(27(30)37)28-33-23-12-11-20(34-42(4,38)39)16-24(23)43(40,41)35-28/h5-12,15-17,32,34,36H,13-14,18H2,1-4H3,(H,33,35). The smallest absolute Gasteiger partial charge is 0.286 e. The Morgan fingerprint density at radius 3 is 2.49 bits per heavy atom. The van der Waals surface area contributed by atoms with E-state index in [0.717, 1.165) is 17.9 Å². The van der Waals surface area contributed by atoms with E-state index in [1.165, 1.54) is 12.1 Å². The molecule has 2 aromatic carbocycles. The number of anilines is 2. The van der Waals surface area contributed by atoms with Crippen LogP contribution in [0, 0.1) is 5.41 Å². The lowest BCUT2D eigenvalue weighted by Crippen LogP contribution is -2.53. The molecule has 4 N–H and O–H groups in total. The van der Waals surface area contributed by atoms with Crippen LogP contribution in [0.2, 0.25) is 0 Å². The van der Waals surface area contributed by atoms with Crippen LogP contribution in [0.4, 0.5) is 11.4 Å². The molecule has 5 rings (SSSR count). The third-order valence-corrected chi connectivity index (χ3v) is 9.25. The number of ketones is 1. The van der Waals surface area contributed by atoms with Crippen LogP contribution in [0.5, 0.6) is 0 Å². The molecule has 0 fully saturated rings. The number of sulfonamides is 2. The molecule has 1 aromatic heterocycles. The van der Waals surface area contributed by atoms with Gasteiger partial charge in [-0.05, 0) is 53.6 Å². The van der Waals surface area contributed by atoms with Crippen molar-refractivity contribution in [1.29, 1.82) is 0 Å². The van der Waals surface area contributed by atoms with Gasteiger partial charge in [0.15, 0.2) is 11.6 Å². The summed E-state index contributed by atoms with van der Waals surface area (Å²) in [6.07, 6.45) is 5.27. The Hall–Kier alpha value is -4.07. The minimum Gasteiger partial charge on any atom is -0.506 e. The number of Topliss-reactive ketones (excluding diaryl/α,β-unsaturated/α-hetero) is 1. The van der Waals surface area contributed by atoms with Gasteiger partial charge in [0.05, 0.1) is 11.9 Å². The number of nitrogens with zero attached hydrogens (tertiary/aromatic N) is 2. The first kappa shape index (κ1) is 30.4. The highest BCUT2D eigenvalue weighted by atomic mass is 32.2. The van der Waals surface area contributed by atoms with Gasteiger partial charge in [-0.15, -0.1) is 4.40 Å². The van der Waals surface area contributed by atoms with Crippen LogP contribution in [0.25, 0.3) is 5.76 Å². The lowest BCUT2D eigenvalue weighted by atomic mass is 9.69. The number of nitrogens with one attached hydrogen (secondary N) is 3. The maximum atomic E-state index is 14.7. The van der Waals surface area contributed by atoms with E-state index in [-0.39, 0.29) is 39.6 Å². The van der Waals surface area contributed by atoms with Crippen molar-refractivity contribution in [2.45, 2.75) is 50.6 Å². The summed E-state index contributed by atoms with van der Waals surface area (Å²) in [7, 11) is -8.07. The quantitative estimate of drug-likeness (QED) is 0.286. The number of pyridine rings is 1. The summed E-state index contributed by atoms with van der Waals surface area (Å²) in [4.78, 5) is 18.6. The number of hydrogen-bond acceptors (Lipinski definition) is 9. The average molecular weight is 624 g/mol. The van der Waals surface area contributed by atoms with Crippen LogP contribution in [-0.2, 0) is 36.9 Å². The molecule has 0 spiro atoms. The van der Waals surface area contributed by atoms with Crippen LogP contribution in [0.1, 0.15) is 50.3 Å². The zero-order valence-corrected chi connectivity index (χ0v) is 25.8. The molecule has 11 nitrogen and oxygen atoms in total. The molecule has 1 atom stereocenters. The molecule has 3 aromatic rings. The van der Waals surface area contributed by atoms with Gasteiger partial charge in [-0.1, -0.05) is 51.1 Å². The van der Waals surface area contributed by atoms with Crippen LogP contribution in [0.3, 0.4) is 0 Å². The Morgan fingerprint density at radius 2 is 1.81 bits per heavy atom. The summed E-state index contributed by atoms with van der Waals surface area (Å²) >= 11 is 0. The normalized spacial score (nSPS) is 19.6. The van der Waals surface area contributed by atoms with E-state index in [9.17, 15) is 26.7 Å². The van der Waals surface area contributed by atoms with Gasteiger partial charge in [0.25, 0.3) is 10.0 Å². The molecule has 1 unspecified atom stereocenters. The van der Waals surface area contributed by atoms with Crippen molar-refractivity contribution in [2.75, 3.05) is 16.3 Å². The van der Waals surface area contributed by atoms with Crippen molar-refractivity contribution in [3.05, 3.63) is 89.3 Å².